The third kappa shape index (κ3) is 2.21. The molecular weight excluding hydrogens is 332 g/mol. The Morgan fingerprint density at radius 3 is 2.62 bits per heavy atom. The number of hydrogen-bond acceptors (Lipinski definition) is 5. The van der Waals surface area contributed by atoms with E-state index in [4.69, 9.17) is 19.6 Å². The van der Waals surface area contributed by atoms with Crippen molar-refractivity contribution in [1.29, 1.82) is 0 Å². The van der Waals surface area contributed by atoms with E-state index in [1.54, 1.807) is 5.01 Å². The van der Waals surface area contributed by atoms with Gasteiger partial charge in [0.05, 0.1) is 0 Å². The van der Waals surface area contributed by atoms with Crippen LogP contribution in [0.15, 0.2) is 5.10 Å². The highest BCUT2D eigenvalue weighted by Gasteiger charge is 2.71. The largest absolute Gasteiger partial charge is 0.319 e. The van der Waals surface area contributed by atoms with E-state index in [1.165, 1.54) is 0 Å². The molecule has 7 atom stereocenters. The van der Waals surface area contributed by atoms with Crippen molar-refractivity contribution < 1.29 is 19.3 Å². The monoisotopic (exact) mass is 362 g/mol. The average Bonchev–Trinajstić information content (AvgIpc) is 3.03. The van der Waals surface area contributed by atoms with Gasteiger partial charge in [0.1, 0.15) is 0 Å². The minimum atomic E-state index is -0.799. The highest BCUT2D eigenvalue weighted by Crippen LogP contribution is 2.60. The maximum absolute atomic E-state index is 13.3. The van der Waals surface area contributed by atoms with Crippen LogP contribution in [-0.2, 0) is 19.3 Å². The first-order chi connectivity index (χ1) is 12.4. The molecule has 0 aromatic carbocycles. The molecule has 0 aromatic heterocycles. The predicted octanol–water partition coefficient (Wildman–Crippen LogP) is 3.61. The summed E-state index contributed by atoms with van der Waals surface area (Å²) in [4.78, 5) is 25.4. The van der Waals surface area contributed by atoms with Crippen LogP contribution < -0.4 is 0 Å². The number of amides is 1. The Labute approximate surface area is 155 Å². The molecule has 4 saturated heterocycles. The van der Waals surface area contributed by atoms with E-state index in [-0.39, 0.29) is 17.7 Å². The van der Waals surface area contributed by atoms with Crippen molar-refractivity contribution in [2.24, 2.45) is 28.8 Å². The van der Waals surface area contributed by atoms with Crippen LogP contribution in [0.3, 0.4) is 0 Å². The number of ether oxygens (including phenoxy) is 1. The summed E-state index contributed by atoms with van der Waals surface area (Å²) in [5.41, 5.74) is 0.527. The molecule has 0 unspecified atom stereocenters. The summed E-state index contributed by atoms with van der Waals surface area (Å²) in [6.45, 7) is 6.28. The number of nitrogens with zero attached hydrogens (tertiary/aromatic N) is 2. The molecule has 0 N–H and O–H groups in total. The molecule has 4 aliphatic heterocycles. The fourth-order valence-corrected chi connectivity index (χ4v) is 6.17. The minimum Gasteiger partial charge on any atom is -0.319 e. The number of carbonyl (C=O) groups excluding carboxylic acids is 1. The van der Waals surface area contributed by atoms with Crippen molar-refractivity contribution in [2.75, 3.05) is 0 Å². The molecule has 2 saturated carbocycles. The van der Waals surface area contributed by atoms with E-state index in [1.807, 2.05) is 13.8 Å². The Morgan fingerprint density at radius 1 is 1.08 bits per heavy atom. The van der Waals surface area contributed by atoms with E-state index < -0.39 is 17.6 Å². The number of hydrazone groups is 1. The van der Waals surface area contributed by atoms with Crippen molar-refractivity contribution in [2.45, 2.75) is 89.8 Å². The van der Waals surface area contributed by atoms with E-state index in [0.717, 1.165) is 57.1 Å². The molecule has 1 amide bonds. The molecule has 0 aromatic rings. The van der Waals surface area contributed by atoms with Crippen LogP contribution in [0.4, 0.5) is 0 Å². The SMILES string of the molecule is C[C@@H]1CC[C@H]2[C@@H](C)C(=O)N(N=C3CCCC3)[C@@H]3O[C@@]4(C)CC[C@@H]1[C@@]23OO4. The fourth-order valence-electron chi connectivity index (χ4n) is 6.17. The summed E-state index contributed by atoms with van der Waals surface area (Å²) < 4.78 is 6.47. The van der Waals surface area contributed by atoms with Gasteiger partial charge < -0.3 is 4.74 Å². The third-order valence-corrected chi connectivity index (χ3v) is 7.67. The zero-order valence-electron chi connectivity index (χ0n) is 16.1. The van der Waals surface area contributed by atoms with Gasteiger partial charge in [-0.05, 0) is 63.7 Å². The Morgan fingerprint density at radius 2 is 1.85 bits per heavy atom. The summed E-state index contributed by atoms with van der Waals surface area (Å²) >= 11 is 0. The lowest BCUT2D eigenvalue weighted by Crippen LogP contribution is -2.74. The Kier molecular flexibility index (Phi) is 3.80. The summed E-state index contributed by atoms with van der Waals surface area (Å²) in [7, 11) is 0. The molecule has 144 valence electrons. The van der Waals surface area contributed by atoms with Crippen LogP contribution in [0, 0.1) is 23.7 Å². The first-order valence-electron chi connectivity index (χ1n) is 10.4. The Bertz CT molecular complexity index is 644. The van der Waals surface area contributed by atoms with Gasteiger partial charge in [-0.2, -0.15) is 5.10 Å². The van der Waals surface area contributed by atoms with E-state index >= 15 is 0 Å². The van der Waals surface area contributed by atoms with Crippen molar-refractivity contribution in [3.05, 3.63) is 0 Å². The van der Waals surface area contributed by atoms with Crippen molar-refractivity contribution in [3.63, 3.8) is 0 Å². The van der Waals surface area contributed by atoms with E-state index in [2.05, 4.69) is 6.92 Å². The molecule has 1 spiro atoms. The van der Waals surface area contributed by atoms with Gasteiger partial charge in [-0.3, -0.25) is 4.79 Å². The molecule has 6 rings (SSSR count). The standard InChI is InChI=1S/C20H30N2O4/c1-12-8-9-16-13(2)17(23)22(21-14-6-4-5-7-14)18-20(16)15(12)10-11-19(3,24-18)25-26-20/h12-13,15-16,18H,4-11H2,1-3H3/t12-,13-,15+,16+,18-,19-,20-/m1/s1. The van der Waals surface area contributed by atoms with Gasteiger partial charge in [0.2, 0.25) is 11.7 Å². The molecule has 2 aliphatic carbocycles. The van der Waals surface area contributed by atoms with Gasteiger partial charge >= 0.3 is 0 Å². The number of rotatable bonds is 1. The van der Waals surface area contributed by atoms with Gasteiger partial charge in [0.25, 0.3) is 0 Å². The summed E-state index contributed by atoms with van der Waals surface area (Å²) in [6.07, 6.45) is 7.73. The first-order valence-corrected chi connectivity index (χ1v) is 10.4. The Hall–Kier alpha value is -0.980. The maximum atomic E-state index is 13.3. The smallest absolute Gasteiger partial charge is 0.248 e. The quantitative estimate of drug-likeness (QED) is 0.669. The summed E-state index contributed by atoms with van der Waals surface area (Å²) in [6, 6.07) is 0. The van der Waals surface area contributed by atoms with Crippen LogP contribution in [0.2, 0.25) is 0 Å². The maximum Gasteiger partial charge on any atom is 0.248 e. The molecule has 6 nitrogen and oxygen atoms in total. The number of piperidine rings is 1. The topological polar surface area (TPSA) is 60.4 Å². The van der Waals surface area contributed by atoms with Crippen LogP contribution in [0.25, 0.3) is 0 Å². The minimum absolute atomic E-state index is 0.0816. The van der Waals surface area contributed by atoms with Crippen molar-refractivity contribution in [1.82, 2.24) is 5.01 Å². The van der Waals surface area contributed by atoms with Crippen molar-refractivity contribution in [3.8, 4) is 0 Å². The lowest BCUT2D eigenvalue weighted by atomic mass is 9.57. The Balaban J connectivity index is 1.63. The molecule has 6 heteroatoms. The van der Waals surface area contributed by atoms with Gasteiger partial charge in [-0.25, -0.2) is 14.8 Å². The molecule has 6 fully saturated rings. The summed E-state index contributed by atoms with van der Waals surface area (Å²) in [5.74, 6) is 0.149. The average molecular weight is 362 g/mol. The zero-order valence-corrected chi connectivity index (χ0v) is 16.1. The number of hydrogen-bond donors (Lipinski definition) is 0. The van der Waals surface area contributed by atoms with Crippen LogP contribution in [-0.4, -0.2) is 34.2 Å². The second kappa shape index (κ2) is 5.76. The van der Waals surface area contributed by atoms with Gasteiger partial charge in [0, 0.05) is 24.0 Å². The van der Waals surface area contributed by atoms with Crippen LogP contribution >= 0.6 is 0 Å². The lowest BCUT2D eigenvalue weighted by Gasteiger charge is -2.60. The molecule has 2 bridgehead atoms. The zero-order chi connectivity index (χ0) is 18.1. The van der Waals surface area contributed by atoms with Crippen LogP contribution in [0.1, 0.15) is 72.1 Å². The third-order valence-electron chi connectivity index (χ3n) is 7.67. The molecule has 26 heavy (non-hydrogen) atoms. The second-order valence-corrected chi connectivity index (χ2v) is 9.28. The molecule has 4 heterocycles. The molecular formula is C20H30N2O4. The van der Waals surface area contributed by atoms with Gasteiger partial charge in [0.15, 0.2) is 11.8 Å². The van der Waals surface area contributed by atoms with E-state index in [0.29, 0.717) is 11.8 Å². The first kappa shape index (κ1) is 17.1. The van der Waals surface area contributed by atoms with Crippen molar-refractivity contribution >= 4 is 11.6 Å². The number of fused-ring (bicyclic) bond motifs is 2. The fraction of sp³-hybridized carbons (Fsp3) is 0.900. The van der Waals surface area contributed by atoms with Gasteiger partial charge in [-0.1, -0.05) is 13.8 Å². The molecule has 0 radical (unpaired) electrons. The second-order valence-electron chi connectivity index (χ2n) is 9.28. The normalized spacial score (nSPS) is 50.6. The highest BCUT2D eigenvalue weighted by atomic mass is 17.3. The van der Waals surface area contributed by atoms with Gasteiger partial charge in [-0.15, -0.1) is 0 Å². The van der Waals surface area contributed by atoms with E-state index in [9.17, 15) is 4.79 Å². The lowest BCUT2D eigenvalue weighted by molar-refractivity contribution is -0.548. The molecule has 6 aliphatic rings. The highest BCUT2D eigenvalue weighted by molar-refractivity contribution is 5.88. The predicted molar refractivity (Wildman–Crippen MR) is 94.7 cm³/mol. The number of carbonyl (C=O) groups is 1. The van der Waals surface area contributed by atoms with Crippen LogP contribution in [0.5, 0.6) is 0 Å². The summed E-state index contributed by atoms with van der Waals surface area (Å²) in [5, 5.41) is 6.48.